The number of rotatable bonds is 4. The number of fused-ring (bicyclic) bond motifs is 1. The van der Waals surface area contributed by atoms with Crippen LogP contribution in [0.5, 0.6) is 0 Å². The number of nitrogens with zero attached hydrogens (tertiary/aromatic N) is 2. The summed E-state index contributed by atoms with van der Waals surface area (Å²) < 4.78 is 7.12. The minimum absolute atomic E-state index is 0.0785. The van der Waals surface area contributed by atoms with Crippen molar-refractivity contribution < 1.29 is 9.53 Å². The summed E-state index contributed by atoms with van der Waals surface area (Å²) in [5.74, 6) is 2.50. The molecular formula is C18H25N3O3S. The Morgan fingerprint density at radius 2 is 2.20 bits per heavy atom. The SMILES string of the molecule is O=C(CC1CCCC1)NC1COCC1n1nc2c(cc1=O)CSCC2. The van der Waals surface area contributed by atoms with Gasteiger partial charge in [0.2, 0.25) is 5.91 Å². The molecule has 6 nitrogen and oxygen atoms in total. The van der Waals surface area contributed by atoms with Gasteiger partial charge in [-0.15, -0.1) is 0 Å². The summed E-state index contributed by atoms with van der Waals surface area (Å²) in [6, 6.07) is 1.33. The molecule has 2 unspecified atom stereocenters. The number of hydrogen-bond acceptors (Lipinski definition) is 5. The van der Waals surface area contributed by atoms with E-state index in [1.807, 2.05) is 11.8 Å². The van der Waals surface area contributed by atoms with Gasteiger partial charge in [-0.3, -0.25) is 9.59 Å². The molecule has 3 heterocycles. The molecule has 3 aliphatic rings. The highest BCUT2D eigenvalue weighted by Crippen LogP contribution is 2.28. The zero-order valence-corrected chi connectivity index (χ0v) is 15.2. The van der Waals surface area contributed by atoms with Gasteiger partial charge in [-0.25, -0.2) is 4.68 Å². The third kappa shape index (κ3) is 3.77. The first-order valence-corrected chi connectivity index (χ1v) is 10.4. The molecule has 0 radical (unpaired) electrons. The zero-order valence-electron chi connectivity index (χ0n) is 14.4. The predicted octanol–water partition coefficient (Wildman–Crippen LogP) is 1.67. The number of hydrogen-bond donors (Lipinski definition) is 1. The van der Waals surface area contributed by atoms with Gasteiger partial charge in [0, 0.05) is 24.7 Å². The lowest BCUT2D eigenvalue weighted by atomic mass is 10.0. The Balaban J connectivity index is 1.47. The molecule has 1 aromatic heterocycles. The predicted molar refractivity (Wildman–Crippen MR) is 96.7 cm³/mol. The van der Waals surface area contributed by atoms with Gasteiger partial charge in [0.15, 0.2) is 0 Å². The molecule has 0 aromatic carbocycles. The van der Waals surface area contributed by atoms with E-state index in [0.29, 0.717) is 25.6 Å². The highest BCUT2D eigenvalue weighted by atomic mass is 32.2. The van der Waals surface area contributed by atoms with Crippen molar-refractivity contribution in [2.24, 2.45) is 5.92 Å². The molecule has 4 rings (SSSR count). The van der Waals surface area contributed by atoms with Crippen LogP contribution in [0.1, 0.15) is 49.4 Å². The summed E-state index contributed by atoms with van der Waals surface area (Å²) >= 11 is 1.84. The highest BCUT2D eigenvalue weighted by molar-refractivity contribution is 7.98. The van der Waals surface area contributed by atoms with Crippen molar-refractivity contribution in [3.8, 4) is 0 Å². The van der Waals surface area contributed by atoms with Crippen molar-refractivity contribution in [2.75, 3.05) is 19.0 Å². The summed E-state index contributed by atoms with van der Waals surface area (Å²) in [4.78, 5) is 24.9. The van der Waals surface area contributed by atoms with E-state index in [4.69, 9.17) is 4.74 Å². The molecular weight excluding hydrogens is 338 g/mol. The molecule has 1 saturated carbocycles. The van der Waals surface area contributed by atoms with Gasteiger partial charge in [-0.2, -0.15) is 16.9 Å². The Kier molecular flexibility index (Phi) is 5.12. The molecule has 7 heteroatoms. The van der Waals surface area contributed by atoms with E-state index >= 15 is 0 Å². The maximum Gasteiger partial charge on any atom is 0.267 e. The number of carbonyl (C=O) groups is 1. The number of thioether (sulfide) groups is 1. The molecule has 25 heavy (non-hydrogen) atoms. The Labute approximate surface area is 151 Å². The minimum Gasteiger partial charge on any atom is -0.377 e. The van der Waals surface area contributed by atoms with E-state index in [0.717, 1.165) is 42.0 Å². The first-order valence-electron chi connectivity index (χ1n) is 9.27. The van der Waals surface area contributed by atoms with Crippen molar-refractivity contribution in [2.45, 2.75) is 56.4 Å². The molecule has 1 N–H and O–H groups in total. The Morgan fingerprint density at radius 1 is 1.36 bits per heavy atom. The van der Waals surface area contributed by atoms with Crippen LogP contribution in [0.25, 0.3) is 0 Å². The second kappa shape index (κ2) is 7.50. The third-order valence-electron chi connectivity index (χ3n) is 5.52. The number of aryl methyl sites for hydroxylation is 1. The fourth-order valence-corrected chi connectivity index (χ4v) is 5.08. The average Bonchev–Trinajstić information content (AvgIpc) is 3.26. The Bertz CT molecular complexity index is 699. The van der Waals surface area contributed by atoms with E-state index in [-0.39, 0.29) is 23.6 Å². The van der Waals surface area contributed by atoms with Crippen molar-refractivity contribution in [3.63, 3.8) is 0 Å². The number of amides is 1. The van der Waals surface area contributed by atoms with E-state index in [1.165, 1.54) is 12.8 Å². The largest absolute Gasteiger partial charge is 0.377 e. The van der Waals surface area contributed by atoms with E-state index in [2.05, 4.69) is 10.4 Å². The molecule has 2 atom stereocenters. The zero-order chi connectivity index (χ0) is 17.2. The molecule has 0 bridgehead atoms. The lowest BCUT2D eigenvalue weighted by Crippen LogP contribution is -2.44. The topological polar surface area (TPSA) is 73.2 Å². The van der Waals surface area contributed by atoms with Crippen molar-refractivity contribution >= 4 is 17.7 Å². The van der Waals surface area contributed by atoms with Crippen molar-refractivity contribution in [3.05, 3.63) is 27.7 Å². The summed E-state index contributed by atoms with van der Waals surface area (Å²) in [6.45, 7) is 0.872. The number of aromatic nitrogens is 2. The first-order chi connectivity index (χ1) is 12.2. The summed E-state index contributed by atoms with van der Waals surface area (Å²) in [6.07, 6.45) is 6.27. The fourth-order valence-electron chi connectivity index (χ4n) is 4.13. The third-order valence-corrected chi connectivity index (χ3v) is 6.53. The molecule has 1 aliphatic carbocycles. The second-order valence-corrected chi connectivity index (χ2v) is 8.44. The van der Waals surface area contributed by atoms with Crippen LogP contribution in [0.15, 0.2) is 10.9 Å². The minimum atomic E-state index is -0.208. The summed E-state index contributed by atoms with van der Waals surface area (Å²) in [5, 5.41) is 7.71. The van der Waals surface area contributed by atoms with Crippen LogP contribution >= 0.6 is 11.8 Å². The van der Waals surface area contributed by atoms with E-state index < -0.39 is 0 Å². The van der Waals surface area contributed by atoms with Crippen molar-refractivity contribution in [1.82, 2.24) is 15.1 Å². The number of ether oxygens (including phenoxy) is 1. The Morgan fingerprint density at radius 3 is 3.04 bits per heavy atom. The molecule has 136 valence electrons. The van der Waals surface area contributed by atoms with E-state index in [9.17, 15) is 9.59 Å². The quantitative estimate of drug-likeness (QED) is 0.881. The summed E-state index contributed by atoms with van der Waals surface area (Å²) in [5.41, 5.74) is 1.98. The molecule has 2 aliphatic heterocycles. The lowest BCUT2D eigenvalue weighted by molar-refractivity contribution is -0.122. The average molecular weight is 363 g/mol. The number of nitrogens with one attached hydrogen (secondary N) is 1. The van der Waals surface area contributed by atoms with Gasteiger partial charge in [0.25, 0.3) is 5.56 Å². The van der Waals surface area contributed by atoms with Gasteiger partial charge in [-0.05, 0) is 30.1 Å². The number of carbonyl (C=O) groups excluding carboxylic acids is 1. The molecule has 1 aromatic rings. The van der Waals surface area contributed by atoms with Gasteiger partial charge >= 0.3 is 0 Å². The Hall–Kier alpha value is -1.34. The van der Waals surface area contributed by atoms with Crippen LogP contribution in [0.4, 0.5) is 0 Å². The van der Waals surface area contributed by atoms with Crippen LogP contribution in [-0.2, 0) is 21.7 Å². The van der Waals surface area contributed by atoms with Gasteiger partial charge < -0.3 is 10.1 Å². The highest BCUT2D eigenvalue weighted by Gasteiger charge is 2.33. The van der Waals surface area contributed by atoms with Crippen LogP contribution in [-0.4, -0.2) is 40.7 Å². The summed E-state index contributed by atoms with van der Waals surface area (Å²) in [7, 11) is 0. The monoisotopic (exact) mass is 363 g/mol. The normalized spacial score (nSPS) is 26.6. The standard InChI is InChI=1S/C18H25N3O3S/c22-17(7-12-3-1-2-4-12)19-15-9-24-10-16(15)21-18(23)8-13-11-25-6-5-14(13)20-21/h8,12,15-16H,1-7,9-11H2,(H,19,22). The molecule has 1 amide bonds. The smallest absolute Gasteiger partial charge is 0.267 e. The second-order valence-electron chi connectivity index (χ2n) is 7.34. The van der Waals surface area contributed by atoms with Gasteiger partial charge in [0.05, 0.1) is 24.9 Å². The van der Waals surface area contributed by atoms with Gasteiger partial charge in [0.1, 0.15) is 6.04 Å². The molecule has 1 saturated heterocycles. The van der Waals surface area contributed by atoms with Crippen LogP contribution in [0, 0.1) is 5.92 Å². The van der Waals surface area contributed by atoms with Gasteiger partial charge in [-0.1, -0.05) is 12.8 Å². The maximum absolute atomic E-state index is 12.5. The van der Waals surface area contributed by atoms with Crippen LogP contribution in [0.3, 0.4) is 0 Å². The van der Waals surface area contributed by atoms with Crippen LogP contribution in [0.2, 0.25) is 0 Å². The lowest BCUT2D eigenvalue weighted by Gasteiger charge is -2.23. The molecule has 2 fully saturated rings. The van der Waals surface area contributed by atoms with E-state index in [1.54, 1.807) is 10.7 Å². The van der Waals surface area contributed by atoms with Crippen molar-refractivity contribution in [1.29, 1.82) is 0 Å². The maximum atomic E-state index is 12.5. The van der Waals surface area contributed by atoms with Crippen LogP contribution < -0.4 is 10.9 Å². The first kappa shape index (κ1) is 17.1. The fraction of sp³-hybridized carbons (Fsp3) is 0.722. The molecule has 0 spiro atoms.